The molecule has 0 aliphatic rings. The summed E-state index contributed by atoms with van der Waals surface area (Å²) in [6.07, 6.45) is -1.84. The molecule has 1 aromatic heterocycles. The van der Waals surface area contributed by atoms with Gasteiger partial charge in [0.15, 0.2) is 0 Å². The van der Waals surface area contributed by atoms with Gasteiger partial charge in [0.25, 0.3) is 6.43 Å². The van der Waals surface area contributed by atoms with Gasteiger partial charge in [0, 0.05) is 21.9 Å². The van der Waals surface area contributed by atoms with Crippen LogP contribution in [0.25, 0.3) is 0 Å². The Labute approximate surface area is 104 Å². The third kappa shape index (κ3) is 2.85. The summed E-state index contributed by atoms with van der Waals surface area (Å²) in [5, 5.41) is 8.59. The number of alkyl halides is 2. The van der Waals surface area contributed by atoms with Crippen molar-refractivity contribution < 1.29 is 18.7 Å². The lowest BCUT2D eigenvalue weighted by Gasteiger charge is -2.11. The van der Waals surface area contributed by atoms with Crippen LogP contribution in [0.2, 0.25) is 0 Å². The fourth-order valence-corrected chi connectivity index (χ4v) is 2.16. The Morgan fingerprint density at radius 2 is 2.25 bits per heavy atom. The van der Waals surface area contributed by atoms with Crippen molar-refractivity contribution in [3.05, 3.63) is 26.6 Å². The number of hydrogen-bond acceptors (Lipinski definition) is 3. The fraction of sp³-hybridized carbons (Fsp3) is 0.333. The van der Waals surface area contributed by atoms with E-state index in [1.54, 1.807) is 22.6 Å². The summed E-state index contributed by atoms with van der Waals surface area (Å²) in [4.78, 5) is 14.3. The Bertz CT molecular complexity index is 413. The molecular weight excluding hydrogens is 333 g/mol. The topological polar surface area (TPSA) is 76.2 Å². The number of nitrogens with zero attached hydrogens (tertiary/aromatic N) is 1. The second-order valence-electron chi connectivity index (χ2n) is 3.03. The first kappa shape index (κ1) is 13.2. The number of carboxylic acids is 1. The van der Waals surface area contributed by atoms with E-state index in [0.29, 0.717) is 0 Å². The van der Waals surface area contributed by atoms with Crippen LogP contribution in [0.5, 0.6) is 0 Å². The fourth-order valence-electron chi connectivity index (χ4n) is 1.24. The highest BCUT2D eigenvalue weighted by Crippen LogP contribution is 2.29. The third-order valence-corrected chi connectivity index (χ3v) is 3.17. The van der Waals surface area contributed by atoms with Crippen LogP contribution in [0.4, 0.5) is 8.78 Å². The quantitative estimate of drug-likeness (QED) is 0.817. The molecule has 3 N–H and O–H groups in total. The average Bonchev–Trinajstić information content (AvgIpc) is 2.19. The van der Waals surface area contributed by atoms with E-state index in [9.17, 15) is 13.6 Å². The van der Waals surface area contributed by atoms with E-state index in [0.717, 1.165) is 0 Å². The van der Waals surface area contributed by atoms with Gasteiger partial charge in [0.2, 0.25) is 0 Å². The lowest BCUT2D eigenvalue weighted by atomic mass is 10.1. The Hall–Kier alpha value is -0.830. The van der Waals surface area contributed by atoms with Crippen LogP contribution in [0, 0.1) is 3.57 Å². The number of aliphatic carboxylic acids is 1. The van der Waals surface area contributed by atoms with E-state index >= 15 is 0 Å². The molecule has 0 fully saturated rings. The van der Waals surface area contributed by atoms with E-state index in [-0.39, 0.29) is 33.4 Å². The van der Waals surface area contributed by atoms with Crippen molar-refractivity contribution in [2.24, 2.45) is 5.73 Å². The minimum Gasteiger partial charge on any atom is -0.481 e. The van der Waals surface area contributed by atoms with Crippen molar-refractivity contribution in [1.29, 1.82) is 0 Å². The largest absolute Gasteiger partial charge is 0.481 e. The number of aromatic nitrogens is 1. The molecule has 0 saturated carbocycles. The van der Waals surface area contributed by atoms with Crippen molar-refractivity contribution in [2.45, 2.75) is 19.4 Å². The van der Waals surface area contributed by atoms with Gasteiger partial charge >= 0.3 is 5.97 Å². The van der Waals surface area contributed by atoms with E-state index < -0.39 is 12.4 Å². The molecule has 0 saturated heterocycles. The normalized spacial score (nSPS) is 10.8. The molecule has 7 heteroatoms. The summed E-state index contributed by atoms with van der Waals surface area (Å²) in [7, 11) is 0. The number of pyridine rings is 1. The Morgan fingerprint density at radius 3 is 2.69 bits per heavy atom. The second kappa shape index (κ2) is 5.48. The zero-order valence-electron chi connectivity index (χ0n) is 8.08. The highest BCUT2D eigenvalue weighted by molar-refractivity contribution is 14.1. The van der Waals surface area contributed by atoms with Gasteiger partial charge in [-0.2, -0.15) is 0 Å². The van der Waals surface area contributed by atoms with Crippen LogP contribution >= 0.6 is 22.6 Å². The summed E-state index contributed by atoms with van der Waals surface area (Å²) >= 11 is 1.68. The molecule has 88 valence electrons. The van der Waals surface area contributed by atoms with Crippen molar-refractivity contribution in [1.82, 2.24) is 4.98 Å². The van der Waals surface area contributed by atoms with E-state index in [4.69, 9.17) is 10.8 Å². The Morgan fingerprint density at radius 1 is 1.62 bits per heavy atom. The number of nitrogens with two attached hydrogens (primary N) is 1. The van der Waals surface area contributed by atoms with E-state index in [2.05, 4.69) is 4.98 Å². The maximum absolute atomic E-state index is 12.8. The number of halogens is 3. The smallest absolute Gasteiger partial charge is 0.309 e. The SMILES string of the molecule is NCc1cnc(CC(=O)O)c(I)c1C(F)F. The highest BCUT2D eigenvalue weighted by atomic mass is 127. The summed E-state index contributed by atoms with van der Waals surface area (Å²) in [6, 6.07) is 0. The molecule has 0 radical (unpaired) electrons. The molecule has 1 rings (SSSR count). The maximum Gasteiger partial charge on any atom is 0.309 e. The summed E-state index contributed by atoms with van der Waals surface area (Å²) < 4.78 is 25.7. The minimum atomic E-state index is -2.68. The van der Waals surface area contributed by atoms with Gasteiger partial charge in [0.1, 0.15) is 0 Å². The van der Waals surface area contributed by atoms with Gasteiger partial charge in [-0.1, -0.05) is 0 Å². The molecule has 0 unspecified atom stereocenters. The number of rotatable bonds is 4. The number of hydrogen-bond donors (Lipinski definition) is 2. The van der Waals surface area contributed by atoms with Gasteiger partial charge in [-0.25, -0.2) is 8.78 Å². The van der Waals surface area contributed by atoms with E-state index in [1.807, 2.05) is 0 Å². The van der Waals surface area contributed by atoms with Crippen molar-refractivity contribution in [3.8, 4) is 0 Å². The lowest BCUT2D eigenvalue weighted by Crippen LogP contribution is -2.11. The van der Waals surface area contributed by atoms with E-state index in [1.165, 1.54) is 6.20 Å². The average molecular weight is 342 g/mol. The monoisotopic (exact) mass is 342 g/mol. The van der Waals surface area contributed by atoms with Crippen molar-refractivity contribution in [3.63, 3.8) is 0 Å². The van der Waals surface area contributed by atoms with Crippen LogP contribution in [-0.2, 0) is 17.8 Å². The summed E-state index contributed by atoms with van der Waals surface area (Å²) in [5.74, 6) is -1.11. The summed E-state index contributed by atoms with van der Waals surface area (Å²) in [6.45, 7) is -0.0456. The highest BCUT2D eigenvalue weighted by Gasteiger charge is 2.20. The molecule has 0 aromatic carbocycles. The third-order valence-electron chi connectivity index (χ3n) is 1.97. The molecular formula is C9H9F2IN2O2. The molecule has 0 amide bonds. The molecule has 16 heavy (non-hydrogen) atoms. The van der Waals surface area contributed by atoms with Crippen LogP contribution in [0.3, 0.4) is 0 Å². The Balaban J connectivity index is 3.26. The first-order chi connectivity index (χ1) is 7.47. The van der Waals surface area contributed by atoms with Crippen molar-refractivity contribution in [2.75, 3.05) is 0 Å². The molecule has 0 aliphatic heterocycles. The van der Waals surface area contributed by atoms with Gasteiger partial charge in [-0.3, -0.25) is 9.78 Å². The molecule has 0 bridgehead atoms. The van der Waals surface area contributed by atoms with Crippen LogP contribution in [-0.4, -0.2) is 16.1 Å². The van der Waals surface area contributed by atoms with Crippen LogP contribution in [0.1, 0.15) is 23.2 Å². The zero-order valence-corrected chi connectivity index (χ0v) is 10.2. The first-order valence-corrected chi connectivity index (χ1v) is 5.41. The van der Waals surface area contributed by atoms with Gasteiger partial charge in [0.05, 0.1) is 12.1 Å². The molecule has 1 heterocycles. The molecule has 0 aliphatic carbocycles. The first-order valence-electron chi connectivity index (χ1n) is 4.33. The van der Waals surface area contributed by atoms with Crippen LogP contribution in [0.15, 0.2) is 6.20 Å². The second-order valence-corrected chi connectivity index (χ2v) is 4.11. The van der Waals surface area contributed by atoms with Gasteiger partial charge in [-0.15, -0.1) is 0 Å². The maximum atomic E-state index is 12.8. The molecule has 0 spiro atoms. The predicted octanol–water partition coefficient (Wildman–Crippen LogP) is 1.71. The van der Waals surface area contributed by atoms with Crippen LogP contribution < -0.4 is 5.73 Å². The molecule has 1 aromatic rings. The minimum absolute atomic E-state index is 0.0456. The van der Waals surface area contributed by atoms with Gasteiger partial charge in [-0.05, 0) is 28.2 Å². The molecule has 4 nitrogen and oxygen atoms in total. The standard InChI is InChI=1S/C9H9F2IN2O2/c10-9(11)7-4(2-13)3-14-5(8(7)12)1-6(15)16/h3,9H,1-2,13H2,(H,15,16). The van der Waals surface area contributed by atoms with Gasteiger partial charge < -0.3 is 10.8 Å². The zero-order chi connectivity index (χ0) is 12.3. The lowest BCUT2D eigenvalue weighted by molar-refractivity contribution is -0.136. The number of carbonyl (C=O) groups is 1. The Kier molecular flexibility index (Phi) is 4.54. The predicted molar refractivity (Wildman–Crippen MR) is 61.1 cm³/mol. The number of carboxylic acid groups (broad SMARTS) is 1. The van der Waals surface area contributed by atoms with Crippen molar-refractivity contribution >= 4 is 28.6 Å². The molecule has 0 atom stereocenters. The summed E-state index contributed by atoms with van der Waals surface area (Å²) in [5.41, 5.74) is 5.49.